The van der Waals surface area contributed by atoms with E-state index in [1.807, 2.05) is 18.2 Å². The molecule has 0 radical (unpaired) electrons. The van der Waals surface area contributed by atoms with Gasteiger partial charge in [0.1, 0.15) is 11.5 Å². The second-order valence-corrected chi connectivity index (χ2v) is 8.77. The van der Waals surface area contributed by atoms with Gasteiger partial charge in [0.15, 0.2) is 5.13 Å². The van der Waals surface area contributed by atoms with Gasteiger partial charge in [-0.05, 0) is 61.3 Å². The van der Waals surface area contributed by atoms with Crippen LogP contribution in [0.1, 0.15) is 5.56 Å². The summed E-state index contributed by atoms with van der Waals surface area (Å²) in [5, 5.41) is 6.43. The Hall–Kier alpha value is -3.43. The molecular weight excluding hydrogens is 444 g/mol. The molecule has 4 aromatic rings. The molecule has 32 heavy (non-hydrogen) atoms. The second-order valence-electron chi connectivity index (χ2n) is 6.86. The number of benzene rings is 3. The highest BCUT2D eigenvalue weighted by atomic mass is 32.2. The summed E-state index contributed by atoms with van der Waals surface area (Å²) < 4.78 is 14.8. The van der Waals surface area contributed by atoms with E-state index in [0.29, 0.717) is 22.9 Å². The molecule has 1 aromatic heterocycles. The highest BCUT2D eigenvalue weighted by molar-refractivity contribution is 8.00. The molecule has 7 nitrogen and oxygen atoms in total. The molecule has 0 unspecified atom stereocenters. The normalized spacial score (nSPS) is 10.6. The number of hydrogen-bond acceptors (Lipinski definition) is 7. The molecule has 0 saturated carbocycles. The van der Waals surface area contributed by atoms with Crippen molar-refractivity contribution in [3.05, 3.63) is 66.2 Å². The molecule has 2 amide bonds. The predicted molar refractivity (Wildman–Crippen MR) is 132 cm³/mol. The third kappa shape index (κ3) is 5.24. The van der Waals surface area contributed by atoms with Gasteiger partial charge >= 0.3 is 6.03 Å². The monoisotopic (exact) mass is 466 g/mol. The quantitative estimate of drug-likeness (QED) is 0.274. The van der Waals surface area contributed by atoms with Gasteiger partial charge in [-0.15, -0.1) is 0 Å². The maximum Gasteiger partial charge on any atom is 0.323 e. The summed E-state index contributed by atoms with van der Waals surface area (Å²) in [6.45, 7) is 2.06. The molecule has 3 N–H and O–H groups in total. The molecular formula is C23H22N4O3S2. The maximum absolute atomic E-state index is 12.5. The Kier molecular flexibility index (Phi) is 6.67. The van der Waals surface area contributed by atoms with Crippen LogP contribution >= 0.6 is 23.3 Å². The number of ether oxygens (including phenoxy) is 2. The smallest absolute Gasteiger partial charge is 0.323 e. The average Bonchev–Trinajstić information content (AvgIpc) is 3.20. The number of aryl methyl sites for hydroxylation is 1. The van der Waals surface area contributed by atoms with E-state index in [4.69, 9.17) is 9.47 Å². The molecule has 9 heteroatoms. The van der Waals surface area contributed by atoms with Crippen LogP contribution in [-0.4, -0.2) is 25.2 Å². The summed E-state index contributed by atoms with van der Waals surface area (Å²) in [5.74, 6) is 1.16. The van der Waals surface area contributed by atoms with Gasteiger partial charge in [-0.2, -0.15) is 0 Å². The van der Waals surface area contributed by atoms with E-state index in [9.17, 15) is 4.79 Å². The number of methoxy groups -OCH3 is 2. The number of rotatable bonds is 7. The zero-order chi connectivity index (χ0) is 22.5. The van der Waals surface area contributed by atoms with Crippen molar-refractivity contribution in [1.82, 2.24) is 4.98 Å². The van der Waals surface area contributed by atoms with Crippen molar-refractivity contribution in [2.75, 3.05) is 29.6 Å². The van der Waals surface area contributed by atoms with Crippen LogP contribution < -0.4 is 24.8 Å². The summed E-state index contributed by atoms with van der Waals surface area (Å²) in [6.07, 6.45) is 0. The third-order valence-corrected chi connectivity index (χ3v) is 6.46. The number of hydrogen-bond donors (Lipinski definition) is 3. The summed E-state index contributed by atoms with van der Waals surface area (Å²) >= 11 is 3.07. The lowest BCUT2D eigenvalue weighted by Gasteiger charge is -2.12. The van der Waals surface area contributed by atoms with Crippen LogP contribution in [0.15, 0.2) is 65.6 Å². The van der Waals surface area contributed by atoms with Crippen molar-refractivity contribution in [1.29, 1.82) is 0 Å². The van der Waals surface area contributed by atoms with Crippen LogP contribution in [0.25, 0.3) is 10.2 Å². The lowest BCUT2D eigenvalue weighted by atomic mass is 10.2. The Labute approximate surface area is 194 Å². The number of fused-ring (bicyclic) bond motifs is 1. The van der Waals surface area contributed by atoms with Gasteiger partial charge in [0, 0.05) is 16.6 Å². The van der Waals surface area contributed by atoms with Crippen molar-refractivity contribution in [2.45, 2.75) is 11.8 Å². The van der Waals surface area contributed by atoms with Gasteiger partial charge in [-0.1, -0.05) is 29.0 Å². The Morgan fingerprint density at radius 2 is 1.78 bits per heavy atom. The minimum Gasteiger partial charge on any atom is -0.497 e. The highest BCUT2D eigenvalue weighted by Gasteiger charge is 2.11. The molecule has 0 aliphatic carbocycles. The van der Waals surface area contributed by atoms with Crippen LogP contribution in [0.4, 0.5) is 21.3 Å². The molecule has 0 atom stereocenters. The Bertz CT molecular complexity index is 1240. The van der Waals surface area contributed by atoms with Crippen LogP contribution in [0.5, 0.6) is 11.5 Å². The number of amides is 2. The standard InChI is InChI=1S/C23H22N4O3S2/c1-14-4-8-17(9-5-14)32-27-23-26-19-12-15(6-11-21(19)31-23)24-22(28)25-18-13-16(29-2)7-10-20(18)30-3/h4-13H,1-3H3,(H,26,27)(H2,24,25,28). The van der Waals surface area contributed by atoms with Crippen molar-refractivity contribution < 1.29 is 14.3 Å². The number of thiazole rings is 1. The fourth-order valence-electron chi connectivity index (χ4n) is 2.95. The molecule has 0 fully saturated rings. The zero-order valence-corrected chi connectivity index (χ0v) is 19.4. The lowest BCUT2D eigenvalue weighted by Crippen LogP contribution is -2.19. The molecule has 164 valence electrons. The fraction of sp³-hybridized carbons (Fsp3) is 0.130. The number of aromatic nitrogens is 1. The first-order chi connectivity index (χ1) is 15.5. The maximum atomic E-state index is 12.5. The molecule has 0 spiro atoms. The van der Waals surface area contributed by atoms with E-state index < -0.39 is 0 Å². The fourth-order valence-corrected chi connectivity index (χ4v) is 4.47. The minimum absolute atomic E-state index is 0.389. The first-order valence-electron chi connectivity index (χ1n) is 9.74. The van der Waals surface area contributed by atoms with Gasteiger partial charge in [-0.3, -0.25) is 0 Å². The minimum atomic E-state index is -0.389. The summed E-state index contributed by atoms with van der Waals surface area (Å²) in [7, 11) is 3.11. The van der Waals surface area contributed by atoms with Gasteiger partial charge in [-0.25, -0.2) is 9.78 Å². The third-order valence-electron chi connectivity index (χ3n) is 4.58. The van der Waals surface area contributed by atoms with Crippen LogP contribution in [-0.2, 0) is 0 Å². The van der Waals surface area contributed by atoms with Crippen LogP contribution in [0, 0.1) is 6.92 Å². The largest absolute Gasteiger partial charge is 0.497 e. The number of carbonyl (C=O) groups excluding carboxylic acids is 1. The number of nitrogens with zero attached hydrogens (tertiary/aromatic N) is 1. The van der Waals surface area contributed by atoms with Crippen molar-refractivity contribution in [3.63, 3.8) is 0 Å². The Morgan fingerprint density at radius 3 is 2.53 bits per heavy atom. The first kappa shape index (κ1) is 21.8. The van der Waals surface area contributed by atoms with Gasteiger partial charge < -0.3 is 24.8 Å². The van der Waals surface area contributed by atoms with E-state index in [2.05, 4.69) is 51.5 Å². The zero-order valence-electron chi connectivity index (χ0n) is 17.8. The molecule has 3 aromatic carbocycles. The van der Waals surface area contributed by atoms with Crippen LogP contribution in [0.3, 0.4) is 0 Å². The summed E-state index contributed by atoms with van der Waals surface area (Å²) in [4.78, 5) is 18.3. The highest BCUT2D eigenvalue weighted by Crippen LogP contribution is 2.32. The van der Waals surface area contributed by atoms with Gasteiger partial charge in [0.05, 0.1) is 30.1 Å². The molecule has 0 aliphatic heterocycles. The summed E-state index contributed by atoms with van der Waals surface area (Å²) in [6, 6.07) is 18.7. The number of urea groups is 1. The van der Waals surface area contributed by atoms with E-state index in [1.54, 1.807) is 43.8 Å². The predicted octanol–water partition coefficient (Wildman–Crippen LogP) is 6.39. The number of nitrogens with one attached hydrogen (secondary N) is 3. The molecule has 0 bridgehead atoms. The van der Waals surface area contributed by atoms with Gasteiger partial charge in [0.25, 0.3) is 0 Å². The molecule has 0 saturated heterocycles. The van der Waals surface area contributed by atoms with Crippen molar-refractivity contribution in [2.24, 2.45) is 0 Å². The molecule has 0 aliphatic rings. The Morgan fingerprint density at radius 1 is 0.969 bits per heavy atom. The van der Waals surface area contributed by atoms with Crippen LogP contribution in [0.2, 0.25) is 0 Å². The summed E-state index contributed by atoms with van der Waals surface area (Å²) in [5.41, 5.74) is 3.18. The van der Waals surface area contributed by atoms with E-state index in [1.165, 1.54) is 17.5 Å². The van der Waals surface area contributed by atoms with E-state index >= 15 is 0 Å². The number of anilines is 3. The van der Waals surface area contributed by atoms with E-state index in [-0.39, 0.29) is 6.03 Å². The van der Waals surface area contributed by atoms with Crippen molar-refractivity contribution in [3.8, 4) is 11.5 Å². The first-order valence-corrected chi connectivity index (χ1v) is 11.4. The molecule has 1 heterocycles. The van der Waals surface area contributed by atoms with Crippen molar-refractivity contribution >= 4 is 56.0 Å². The SMILES string of the molecule is COc1ccc(OC)c(NC(=O)Nc2ccc3sc(NSc4ccc(C)cc4)nc3c2)c1. The average molecular weight is 467 g/mol. The second kappa shape index (κ2) is 9.80. The Balaban J connectivity index is 1.42. The molecule has 4 rings (SSSR count). The van der Waals surface area contributed by atoms with Gasteiger partial charge in [0.2, 0.25) is 0 Å². The lowest BCUT2D eigenvalue weighted by molar-refractivity contribution is 0.262. The number of carbonyl (C=O) groups is 1. The topological polar surface area (TPSA) is 84.5 Å². The van der Waals surface area contributed by atoms with E-state index in [0.717, 1.165) is 20.2 Å².